The minimum absolute atomic E-state index is 0.152. The molecule has 0 spiro atoms. The Labute approximate surface area is 215 Å². The molecule has 1 aliphatic heterocycles. The van der Waals surface area contributed by atoms with Crippen LogP contribution in [-0.2, 0) is 9.59 Å². The van der Waals surface area contributed by atoms with Crippen molar-refractivity contribution in [3.8, 4) is 5.75 Å². The normalized spacial score (nSPS) is 15.1. The Hall–Kier alpha value is -4.53. The first-order valence-electron chi connectivity index (χ1n) is 12.0. The highest BCUT2D eigenvalue weighted by atomic mass is 16.5. The molecule has 0 aliphatic carbocycles. The number of anilines is 1. The van der Waals surface area contributed by atoms with Crippen LogP contribution in [0.3, 0.4) is 0 Å². The molecule has 3 aromatic carbocycles. The molecule has 0 radical (unpaired) electrons. The first-order valence-corrected chi connectivity index (χ1v) is 12.0. The van der Waals surface area contributed by atoms with Crippen LogP contribution >= 0.6 is 0 Å². The van der Waals surface area contributed by atoms with E-state index in [9.17, 15) is 14.4 Å². The molecule has 0 bridgehead atoms. The largest absolute Gasteiger partial charge is 0.483 e. The summed E-state index contributed by atoms with van der Waals surface area (Å²) >= 11 is 0. The van der Waals surface area contributed by atoms with E-state index in [1.165, 1.54) is 4.58 Å². The van der Waals surface area contributed by atoms with Crippen LogP contribution < -0.4 is 16.2 Å². The second kappa shape index (κ2) is 10.2. The first kappa shape index (κ1) is 25.6. The summed E-state index contributed by atoms with van der Waals surface area (Å²) in [5.41, 5.74) is 15.8. The highest BCUT2D eigenvalue weighted by Crippen LogP contribution is 2.30. The number of aliphatic imine (C=N–C) groups is 1. The van der Waals surface area contributed by atoms with Gasteiger partial charge in [-0.3, -0.25) is 4.79 Å². The Morgan fingerprint density at radius 1 is 1.03 bits per heavy atom. The van der Waals surface area contributed by atoms with Gasteiger partial charge < -0.3 is 16.2 Å². The fourth-order valence-electron chi connectivity index (χ4n) is 4.33. The summed E-state index contributed by atoms with van der Waals surface area (Å²) in [4.78, 5) is 44.5. The molecule has 9 heteroatoms. The number of carbonyl (C=O) groups is 3. The van der Waals surface area contributed by atoms with Crippen LogP contribution in [0.25, 0.3) is 10.8 Å². The second-order valence-electron chi connectivity index (χ2n) is 8.96. The molecule has 0 saturated carbocycles. The zero-order valence-corrected chi connectivity index (χ0v) is 21.4. The van der Waals surface area contributed by atoms with Crippen LogP contribution in [0.4, 0.5) is 16.2 Å². The number of hydrogen-bond acceptors (Lipinski definition) is 6. The third-order valence-electron chi connectivity index (χ3n) is 6.50. The molecule has 0 saturated heterocycles. The Kier molecular flexibility index (Phi) is 7.06. The van der Waals surface area contributed by atoms with Crippen molar-refractivity contribution in [2.45, 2.75) is 34.1 Å². The third kappa shape index (κ3) is 4.67. The predicted molar refractivity (Wildman–Crippen MR) is 143 cm³/mol. The lowest BCUT2D eigenvalue weighted by molar-refractivity contribution is -0.341. The highest BCUT2D eigenvalue weighted by Gasteiger charge is 2.44. The summed E-state index contributed by atoms with van der Waals surface area (Å²) in [6, 6.07) is 14.1. The summed E-state index contributed by atoms with van der Waals surface area (Å²) in [6.07, 6.45) is 0.528. The SMILES string of the molecule is CCCN1C(=O)C(=NC(=O)COc2cc(C)c(N)c(C)c2C)C(N)=[N+](c2cccc3ccccc23)C1=O. The summed E-state index contributed by atoms with van der Waals surface area (Å²) in [5, 5.41) is 1.66. The van der Waals surface area contributed by atoms with Crippen molar-refractivity contribution < 1.29 is 23.7 Å². The van der Waals surface area contributed by atoms with E-state index in [0.717, 1.165) is 32.4 Å². The van der Waals surface area contributed by atoms with Crippen LogP contribution in [0.5, 0.6) is 5.75 Å². The molecule has 37 heavy (non-hydrogen) atoms. The van der Waals surface area contributed by atoms with E-state index in [4.69, 9.17) is 16.2 Å². The van der Waals surface area contributed by atoms with Gasteiger partial charge in [-0.05, 0) is 61.4 Å². The highest BCUT2D eigenvalue weighted by molar-refractivity contribution is 6.68. The van der Waals surface area contributed by atoms with Gasteiger partial charge in [0.05, 0.1) is 6.54 Å². The quantitative estimate of drug-likeness (QED) is 0.391. The monoisotopic (exact) mass is 500 g/mol. The number of nitrogens with zero attached hydrogens (tertiary/aromatic N) is 3. The van der Waals surface area contributed by atoms with Crippen LogP contribution in [-0.4, -0.2) is 52.0 Å². The van der Waals surface area contributed by atoms with Crippen molar-refractivity contribution in [1.29, 1.82) is 0 Å². The van der Waals surface area contributed by atoms with Gasteiger partial charge in [-0.2, -0.15) is 14.5 Å². The molecule has 0 unspecified atom stereocenters. The average molecular weight is 501 g/mol. The van der Waals surface area contributed by atoms with Gasteiger partial charge in [-0.15, -0.1) is 0 Å². The molecule has 4 rings (SSSR count). The van der Waals surface area contributed by atoms with Gasteiger partial charge in [0.15, 0.2) is 6.61 Å². The van der Waals surface area contributed by atoms with E-state index < -0.39 is 24.5 Å². The molecule has 1 aliphatic rings. The minimum atomic E-state index is -0.718. The van der Waals surface area contributed by atoms with Gasteiger partial charge in [-0.25, -0.2) is 9.59 Å². The summed E-state index contributed by atoms with van der Waals surface area (Å²) in [6.45, 7) is 7.17. The average Bonchev–Trinajstić information content (AvgIpc) is 2.89. The van der Waals surface area contributed by atoms with Gasteiger partial charge in [-0.1, -0.05) is 43.3 Å². The first-order chi connectivity index (χ1) is 17.6. The van der Waals surface area contributed by atoms with Gasteiger partial charge in [0.25, 0.3) is 11.7 Å². The lowest BCUT2D eigenvalue weighted by Gasteiger charge is -2.23. The Balaban J connectivity index is 1.74. The molecule has 9 nitrogen and oxygen atoms in total. The lowest BCUT2D eigenvalue weighted by Crippen LogP contribution is -2.57. The number of aryl methyl sites for hydroxylation is 1. The standard InChI is InChI=1S/C28H29N5O4/c1-5-13-32-27(35)25(31-23(34)15-37-22-14-16(2)24(29)18(4)17(22)3)26(30)33(28(32)36)21-12-8-10-19-9-6-7-11-20(19)21/h6-12,14,30H,5,13,15,29H2,1-4H3/p+1. The van der Waals surface area contributed by atoms with E-state index in [0.29, 0.717) is 23.5 Å². The van der Waals surface area contributed by atoms with Crippen molar-refractivity contribution in [3.05, 3.63) is 65.2 Å². The number of hydrogen-bond donors (Lipinski definition) is 2. The number of nitrogen functional groups attached to an aromatic ring is 1. The van der Waals surface area contributed by atoms with Crippen LogP contribution in [0.2, 0.25) is 0 Å². The molecule has 0 atom stereocenters. The van der Waals surface area contributed by atoms with Crippen molar-refractivity contribution in [2.24, 2.45) is 10.7 Å². The number of urea groups is 1. The molecule has 1 heterocycles. The molecule has 190 valence electrons. The number of imide groups is 1. The van der Waals surface area contributed by atoms with Gasteiger partial charge in [0.2, 0.25) is 5.71 Å². The third-order valence-corrected chi connectivity index (χ3v) is 6.50. The molecule has 3 aromatic rings. The Bertz CT molecular complexity index is 1500. The number of carbonyl (C=O) groups excluding carboxylic acids is 3. The molecular weight excluding hydrogens is 470 g/mol. The predicted octanol–water partition coefficient (Wildman–Crippen LogP) is 3.77. The molecule has 0 aromatic heterocycles. The number of rotatable bonds is 6. The summed E-state index contributed by atoms with van der Waals surface area (Å²) in [7, 11) is 0. The van der Waals surface area contributed by atoms with E-state index >= 15 is 0 Å². The number of amides is 4. The maximum atomic E-state index is 13.4. The maximum absolute atomic E-state index is 13.4. The van der Waals surface area contributed by atoms with Crippen molar-refractivity contribution in [3.63, 3.8) is 0 Å². The summed E-state index contributed by atoms with van der Waals surface area (Å²) in [5.74, 6) is -1.13. The Morgan fingerprint density at radius 3 is 2.46 bits per heavy atom. The zero-order chi connectivity index (χ0) is 26.9. The topological polar surface area (TPSA) is 131 Å². The number of amidine groups is 1. The molecule has 4 N–H and O–H groups in total. The number of fused-ring (bicyclic) bond motifs is 1. The van der Waals surface area contributed by atoms with E-state index in [2.05, 4.69) is 4.99 Å². The smallest absolute Gasteiger partial charge is 0.451 e. The van der Waals surface area contributed by atoms with Crippen molar-refractivity contribution in [1.82, 2.24) is 4.90 Å². The lowest BCUT2D eigenvalue weighted by atomic mass is 10.0. The van der Waals surface area contributed by atoms with Gasteiger partial charge >= 0.3 is 11.9 Å². The number of ether oxygens (including phenoxy) is 1. The zero-order valence-electron chi connectivity index (χ0n) is 21.4. The fourth-order valence-corrected chi connectivity index (χ4v) is 4.33. The van der Waals surface area contributed by atoms with Crippen LogP contribution in [0.1, 0.15) is 30.0 Å². The number of benzene rings is 3. The fraction of sp³-hybridized carbons (Fsp3) is 0.250. The van der Waals surface area contributed by atoms with Crippen molar-refractivity contribution in [2.75, 3.05) is 18.9 Å². The summed E-state index contributed by atoms with van der Waals surface area (Å²) < 4.78 is 6.96. The van der Waals surface area contributed by atoms with E-state index in [-0.39, 0.29) is 18.1 Å². The number of nitrogens with two attached hydrogens (primary N) is 2. The molecule has 4 amide bonds. The Morgan fingerprint density at radius 2 is 1.73 bits per heavy atom. The van der Waals surface area contributed by atoms with E-state index in [1.807, 2.05) is 58.0 Å². The van der Waals surface area contributed by atoms with Gasteiger partial charge in [0.1, 0.15) is 11.4 Å². The van der Waals surface area contributed by atoms with Gasteiger partial charge in [0, 0.05) is 11.1 Å². The van der Waals surface area contributed by atoms with Crippen LogP contribution in [0, 0.1) is 20.8 Å². The van der Waals surface area contributed by atoms with E-state index in [1.54, 1.807) is 18.2 Å². The minimum Gasteiger partial charge on any atom is -0.483 e. The van der Waals surface area contributed by atoms with Crippen molar-refractivity contribution >= 4 is 51.5 Å². The maximum Gasteiger partial charge on any atom is 0.451 e. The second-order valence-corrected chi connectivity index (χ2v) is 8.96. The van der Waals surface area contributed by atoms with Crippen LogP contribution in [0.15, 0.2) is 53.5 Å². The molecule has 0 fully saturated rings. The molecular formula is C28H30N5O4+.